The van der Waals surface area contributed by atoms with Crippen molar-refractivity contribution in [2.75, 3.05) is 57.4 Å². The highest BCUT2D eigenvalue weighted by molar-refractivity contribution is 6.20. The van der Waals surface area contributed by atoms with Gasteiger partial charge in [0.1, 0.15) is 24.0 Å². The van der Waals surface area contributed by atoms with E-state index in [1.54, 1.807) is 20.4 Å². The summed E-state index contributed by atoms with van der Waals surface area (Å²) >= 11 is 0. The summed E-state index contributed by atoms with van der Waals surface area (Å²) in [6.07, 6.45) is 7.57. The van der Waals surface area contributed by atoms with Gasteiger partial charge in [0.2, 0.25) is 0 Å². The molecule has 5 rings (SSSR count). The van der Waals surface area contributed by atoms with E-state index in [9.17, 15) is 0 Å². The summed E-state index contributed by atoms with van der Waals surface area (Å²) in [5.74, 6) is 2.16. The Bertz CT molecular complexity index is 1430. The molecule has 2 aromatic heterocycles. The first-order valence-corrected chi connectivity index (χ1v) is 13.3. The van der Waals surface area contributed by atoms with Gasteiger partial charge in [-0.15, -0.1) is 0 Å². The number of fused-ring (bicyclic) bond motifs is 1. The highest BCUT2D eigenvalue weighted by atomic mass is 16.5. The molecule has 0 radical (unpaired) electrons. The number of nitrogens with zero attached hydrogens (tertiary/aromatic N) is 6. The number of benzene rings is 1. The maximum absolute atomic E-state index is 5.53. The highest BCUT2D eigenvalue weighted by Crippen LogP contribution is 2.38. The average Bonchev–Trinajstić information content (AvgIpc) is 3.44. The normalized spacial score (nSPS) is 17.1. The molecule has 0 spiro atoms. The SMILES string of the molecule is C=N/C=C1/C=C(c2cc(OC)cc(OC)c2)c2cnn(C(C)C)c2/C1=N/CNc1ccc(N2CCOCC2)cn1. The molecule has 0 saturated carbocycles. The van der Waals surface area contributed by atoms with Gasteiger partial charge >= 0.3 is 0 Å². The lowest BCUT2D eigenvalue weighted by Gasteiger charge is -2.28. The Kier molecular flexibility index (Phi) is 8.26. The van der Waals surface area contributed by atoms with E-state index in [1.807, 2.05) is 41.3 Å². The van der Waals surface area contributed by atoms with Crippen molar-refractivity contribution in [3.63, 3.8) is 0 Å². The molecule has 3 aromatic rings. The van der Waals surface area contributed by atoms with Gasteiger partial charge in [-0.05, 0) is 62.0 Å². The number of rotatable bonds is 9. The molecule has 1 saturated heterocycles. The minimum atomic E-state index is 0.119. The van der Waals surface area contributed by atoms with Gasteiger partial charge in [0, 0.05) is 42.5 Å². The number of methoxy groups -OCH3 is 2. The summed E-state index contributed by atoms with van der Waals surface area (Å²) < 4.78 is 18.5. The first-order chi connectivity index (χ1) is 19.5. The van der Waals surface area contributed by atoms with Crippen molar-refractivity contribution in [1.82, 2.24) is 14.8 Å². The van der Waals surface area contributed by atoms with Crippen molar-refractivity contribution in [1.29, 1.82) is 0 Å². The number of pyridine rings is 1. The summed E-state index contributed by atoms with van der Waals surface area (Å²) in [4.78, 5) is 15.9. The highest BCUT2D eigenvalue weighted by Gasteiger charge is 2.28. The van der Waals surface area contributed by atoms with Gasteiger partial charge in [-0.3, -0.25) is 14.7 Å². The van der Waals surface area contributed by atoms with Gasteiger partial charge in [0.15, 0.2) is 0 Å². The van der Waals surface area contributed by atoms with E-state index in [4.69, 9.17) is 24.3 Å². The number of aliphatic imine (C=N–C) groups is 2. The smallest absolute Gasteiger partial charge is 0.127 e. The number of anilines is 2. The molecule has 3 heterocycles. The van der Waals surface area contributed by atoms with E-state index in [-0.39, 0.29) is 6.04 Å². The third-order valence-electron chi connectivity index (χ3n) is 6.89. The van der Waals surface area contributed by atoms with Gasteiger partial charge in [-0.25, -0.2) is 4.98 Å². The molecule has 1 aromatic carbocycles. The first-order valence-electron chi connectivity index (χ1n) is 13.3. The molecule has 1 N–H and O–H groups in total. The monoisotopic (exact) mass is 541 g/mol. The first kappa shape index (κ1) is 27.1. The number of nitrogens with one attached hydrogen (secondary N) is 1. The topological polar surface area (TPSA) is 98.4 Å². The van der Waals surface area contributed by atoms with E-state index in [0.717, 1.165) is 71.5 Å². The Hall–Kier alpha value is -4.44. The third kappa shape index (κ3) is 5.62. The predicted molar refractivity (Wildman–Crippen MR) is 159 cm³/mol. The van der Waals surface area contributed by atoms with Crippen molar-refractivity contribution in [3.8, 4) is 11.5 Å². The van der Waals surface area contributed by atoms with Gasteiger partial charge < -0.3 is 24.4 Å². The Morgan fingerprint density at radius 2 is 1.85 bits per heavy atom. The van der Waals surface area contributed by atoms with Crippen LogP contribution in [0.3, 0.4) is 0 Å². The standard InChI is InChI=1S/C30H35N7O3/c1-20(2)37-30-27(18-35-37)26(21-12-24(38-4)15-25(13-21)39-5)14-22(16-31-3)29(30)34-19-33-28-7-6-23(17-32-28)36-8-10-40-11-9-36/h6-7,12-18,20H,3,8-11,19H2,1-2,4-5H3,(H,32,33)/b22-16-,34-29+. The van der Waals surface area contributed by atoms with Gasteiger partial charge in [0.05, 0.1) is 56.9 Å². The zero-order valence-corrected chi connectivity index (χ0v) is 23.4. The zero-order chi connectivity index (χ0) is 28.1. The van der Waals surface area contributed by atoms with Crippen LogP contribution in [0.25, 0.3) is 5.57 Å². The molecule has 10 nitrogen and oxygen atoms in total. The van der Waals surface area contributed by atoms with Crippen LogP contribution in [0.4, 0.5) is 11.5 Å². The summed E-state index contributed by atoms with van der Waals surface area (Å²) in [7, 11) is 3.29. The van der Waals surface area contributed by atoms with E-state index in [2.05, 4.69) is 52.9 Å². The van der Waals surface area contributed by atoms with Crippen molar-refractivity contribution in [3.05, 3.63) is 77.4 Å². The molecule has 0 atom stereocenters. The number of morpholine rings is 1. The number of ether oxygens (including phenoxy) is 3. The number of hydrogen-bond donors (Lipinski definition) is 1. The van der Waals surface area contributed by atoms with Crippen molar-refractivity contribution in [2.24, 2.45) is 9.98 Å². The van der Waals surface area contributed by atoms with Crippen LogP contribution in [-0.4, -0.2) is 74.4 Å². The molecule has 2 aliphatic rings. The molecule has 208 valence electrons. The quantitative estimate of drug-likeness (QED) is 0.395. The fourth-order valence-corrected chi connectivity index (χ4v) is 4.89. The second-order valence-corrected chi connectivity index (χ2v) is 9.71. The molecule has 1 aliphatic carbocycles. The summed E-state index contributed by atoms with van der Waals surface area (Å²) in [5.41, 5.74) is 6.51. The van der Waals surface area contributed by atoms with Crippen LogP contribution in [0.15, 0.2) is 70.6 Å². The second kappa shape index (κ2) is 12.2. The van der Waals surface area contributed by atoms with Gasteiger partial charge in [-0.2, -0.15) is 5.10 Å². The minimum Gasteiger partial charge on any atom is -0.497 e. The van der Waals surface area contributed by atoms with Crippen molar-refractivity contribution < 1.29 is 14.2 Å². The average molecular weight is 542 g/mol. The van der Waals surface area contributed by atoms with Crippen molar-refractivity contribution >= 4 is 29.5 Å². The Balaban J connectivity index is 1.47. The summed E-state index contributed by atoms with van der Waals surface area (Å²) in [6.45, 7) is 11.5. The number of allylic oxidation sites excluding steroid dienone is 2. The van der Waals surface area contributed by atoms with E-state index < -0.39 is 0 Å². The van der Waals surface area contributed by atoms with E-state index >= 15 is 0 Å². The largest absolute Gasteiger partial charge is 0.497 e. The lowest BCUT2D eigenvalue weighted by molar-refractivity contribution is 0.122. The van der Waals surface area contributed by atoms with Crippen LogP contribution in [0.2, 0.25) is 0 Å². The molecule has 1 aliphatic heterocycles. The minimum absolute atomic E-state index is 0.119. The lowest BCUT2D eigenvalue weighted by atomic mass is 9.87. The zero-order valence-electron chi connectivity index (χ0n) is 23.4. The van der Waals surface area contributed by atoms with Crippen LogP contribution >= 0.6 is 0 Å². The fourth-order valence-electron chi connectivity index (χ4n) is 4.89. The van der Waals surface area contributed by atoms with E-state index in [0.29, 0.717) is 18.2 Å². The summed E-state index contributed by atoms with van der Waals surface area (Å²) in [5, 5.41) is 8.07. The van der Waals surface area contributed by atoms with Crippen LogP contribution in [-0.2, 0) is 4.74 Å². The maximum atomic E-state index is 5.53. The van der Waals surface area contributed by atoms with Crippen LogP contribution in [0.5, 0.6) is 11.5 Å². The van der Waals surface area contributed by atoms with Crippen LogP contribution in [0.1, 0.15) is 36.7 Å². The maximum Gasteiger partial charge on any atom is 0.127 e. The molecular weight excluding hydrogens is 506 g/mol. The van der Waals surface area contributed by atoms with E-state index in [1.165, 1.54) is 0 Å². The van der Waals surface area contributed by atoms with Gasteiger partial charge in [-0.1, -0.05) is 0 Å². The molecule has 40 heavy (non-hydrogen) atoms. The number of aromatic nitrogens is 3. The third-order valence-corrected chi connectivity index (χ3v) is 6.89. The molecular formula is C30H35N7O3. The lowest BCUT2D eigenvalue weighted by Crippen LogP contribution is -2.36. The van der Waals surface area contributed by atoms with Crippen LogP contribution < -0.4 is 19.7 Å². The number of hydrogen-bond acceptors (Lipinski definition) is 9. The Morgan fingerprint density at radius 1 is 1.10 bits per heavy atom. The van der Waals surface area contributed by atoms with Crippen LogP contribution in [0, 0.1) is 0 Å². The predicted octanol–water partition coefficient (Wildman–Crippen LogP) is 4.60. The Morgan fingerprint density at radius 3 is 2.48 bits per heavy atom. The summed E-state index contributed by atoms with van der Waals surface area (Å²) in [6, 6.07) is 10.00. The van der Waals surface area contributed by atoms with Gasteiger partial charge in [0.25, 0.3) is 0 Å². The second-order valence-electron chi connectivity index (χ2n) is 9.71. The molecule has 10 heteroatoms. The molecule has 0 unspecified atom stereocenters. The molecule has 0 amide bonds. The molecule has 1 fully saturated rings. The Labute approximate surface area is 234 Å². The molecule has 0 bridgehead atoms. The fraction of sp³-hybridized carbons (Fsp3) is 0.333. The van der Waals surface area contributed by atoms with Crippen molar-refractivity contribution in [2.45, 2.75) is 19.9 Å².